The van der Waals surface area contributed by atoms with Gasteiger partial charge < -0.3 is 0 Å². The van der Waals surface area contributed by atoms with E-state index in [0.29, 0.717) is 23.1 Å². The van der Waals surface area contributed by atoms with Gasteiger partial charge in [-0.05, 0) is 36.6 Å². The fraction of sp³-hybridized carbons (Fsp3) is 0.300. The molecule has 0 amide bonds. The van der Waals surface area contributed by atoms with Gasteiger partial charge in [0.25, 0.3) is 9.05 Å². The van der Waals surface area contributed by atoms with E-state index in [1.54, 1.807) is 6.92 Å². The van der Waals surface area contributed by atoms with Crippen molar-refractivity contribution in [2.45, 2.75) is 25.2 Å². The lowest BCUT2D eigenvalue weighted by molar-refractivity contribution is 0.609. The molecular weight excluding hydrogens is 234 g/mol. The maximum atomic E-state index is 11.1. The van der Waals surface area contributed by atoms with Crippen LogP contribution in [0.1, 0.15) is 23.6 Å². The summed E-state index contributed by atoms with van der Waals surface area (Å²) >= 11 is 0. The first-order chi connectivity index (χ1) is 6.90. The van der Waals surface area contributed by atoms with Crippen molar-refractivity contribution in [3.05, 3.63) is 28.8 Å². The molecule has 0 unspecified atom stereocenters. The molecule has 0 spiro atoms. The molecule has 0 saturated carbocycles. The van der Waals surface area contributed by atoms with Crippen LogP contribution in [0.2, 0.25) is 0 Å². The lowest BCUT2D eigenvalue weighted by atomic mass is 10.0. The van der Waals surface area contributed by atoms with E-state index in [9.17, 15) is 8.42 Å². The van der Waals surface area contributed by atoms with E-state index in [1.165, 1.54) is 12.1 Å². The van der Waals surface area contributed by atoms with Crippen molar-refractivity contribution in [3.63, 3.8) is 0 Å². The zero-order valence-corrected chi connectivity index (χ0v) is 9.98. The van der Waals surface area contributed by atoms with E-state index in [4.69, 9.17) is 15.9 Å². The van der Waals surface area contributed by atoms with Crippen LogP contribution in [0.4, 0.5) is 0 Å². The molecule has 1 aromatic carbocycles. The van der Waals surface area contributed by atoms with Gasteiger partial charge in [0.15, 0.2) is 0 Å². The molecule has 5 heteroatoms. The zero-order valence-electron chi connectivity index (χ0n) is 8.41. The molecule has 0 aliphatic carbocycles. The number of hydrogen-bond acceptors (Lipinski definition) is 3. The monoisotopic (exact) mass is 243 g/mol. The van der Waals surface area contributed by atoms with Gasteiger partial charge in [0.1, 0.15) is 0 Å². The van der Waals surface area contributed by atoms with Gasteiger partial charge in [-0.3, -0.25) is 0 Å². The number of aryl methyl sites for hydroxylation is 2. The SMILES string of the molecule is CCc1cc(S(=O)(=O)Cl)cc(C)c1C#N. The van der Waals surface area contributed by atoms with E-state index < -0.39 is 9.05 Å². The molecule has 0 heterocycles. The number of nitriles is 1. The summed E-state index contributed by atoms with van der Waals surface area (Å²) in [6, 6.07) is 4.92. The summed E-state index contributed by atoms with van der Waals surface area (Å²) in [5.74, 6) is 0. The van der Waals surface area contributed by atoms with Crippen LogP contribution in [0.15, 0.2) is 17.0 Å². The molecule has 0 radical (unpaired) electrons. The van der Waals surface area contributed by atoms with Crippen molar-refractivity contribution in [2.75, 3.05) is 0 Å². The van der Waals surface area contributed by atoms with Crippen molar-refractivity contribution in [2.24, 2.45) is 0 Å². The number of hydrogen-bond donors (Lipinski definition) is 0. The average molecular weight is 244 g/mol. The van der Waals surface area contributed by atoms with Gasteiger partial charge in [-0.2, -0.15) is 5.26 Å². The second-order valence-corrected chi connectivity index (χ2v) is 5.74. The maximum Gasteiger partial charge on any atom is 0.261 e. The van der Waals surface area contributed by atoms with Crippen molar-refractivity contribution < 1.29 is 8.42 Å². The van der Waals surface area contributed by atoms with Crippen LogP contribution in [0, 0.1) is 18.3 Å². The Morgan fingerprint density at radius 1 is 1.47 bits per heavy atom. The van der Waals surface area contributed by atoms with Crippen molar-refractivity contribution in [1.82, 2.24) is 0 Å². The molecule has 0 saturated heterocycles. The Kier molecular flexibility index (Phi) is 3.38. The normalized spacial score (nSPS) is 11.1. The second kappa shape index (κ2) is 4.21. The average Bonchev–Trinajstić information content (AvgIpc) is 2.15. The fourth-order valence-corrected chi connectivity index (χ4v) is 2.27. The van der Waals surface area contributed by atoms with Gasteiger partial charge in [-0.1, -0.05) is 6.92 Å². The summed E-state index contributed by atoms with van der Waals surface area (Å²) in [7, 11) is 1.52. The summed E-state index contributed by atoms with van der Waals surface area (Å²) in [6.45, 7) is 3.56. The number of halogens is 1. The van der Waals surface area contributed by atoms with E-state index in [1.807, 2.05) is 6.92 Å². The van der Waals surface area contributed by atoms with Crippen LogP contribution < -0.4 is 0 Å². The summed E-state index contributed by atoms with van der Waals surface area (Å²) in [4.78, 5) is 0.0533. The molecule has 1 rings (SSSR count). The molecule has 0 bridgehead atoms. The van der Waals surface area contributed by atoms with E-state index in [0.717, 1.165) is 0 Å². The third-order valence-corrected chi connectivity index (χ3v) is 3.50. The molecule has 80 valence electrons. The summed E-state index contributed by atoms with van der Waals surface area (Å²) in [5.41, 5.74) is 1.87. The Hall–Kier alpha value is -1.05. The highest BCUT2D eigenvalue weighted by atomic mass is 35.7. The smallest absolute Gasteiger partial charge is 0.207 e. The number of rotatable bonds is 2. The quantitative estimate of drug-likeness (QED) is 0.750. The van der Waals surface area contributed by atoms with Crippen LogP contribution in [-0.4, -0.2) is 8.42 Å². The molecule has 0 atom stereocenters. The largest absolute Gasteiger partial charge is 0.261 e. The Bertz CT molecular complexity index is 529. The van der Waals surface area contributed by atoms with Gasteiger partial charge in [0, 0.05) is 10.7 Å². The Balaban J connectivity index is 3.54. The summed E-state index contributed by atoms with van der Waals surface area (Å²) in [6.07, 6.45) is 0.601. The Morgan fingerprint density at radius 3 is 2.47 bits per heavy atom. The van der Waals surface area contributed by atoms with E-state index >= 15 is 0 Å². The Morgan fingerprint density at radius 2 is 2.07 bits per heavy atom. The van der Waals surface area contributed by atoms with Crippen LogP contribution in [0.25, 0.3) is 0 Å². The third-order valence-electron chi connectivity index (χ3n) is 2.16. The highest BCUT2D eigenvalue weighted by molar-refractivity contribution is 8.13. The minimum Gasteiger partial charge on any atom is -0.207 e. The van der Waals surface area contributed by atoms with E-state index in [2.05, 4.69) is 6.07 Å². The standard InChI is InChI=1S/C10H10ClNO2S/c1-3-8-5-9(15(11,13)14)4-7(2)10(8)6-12/h4-5H,3H2,1-2H3. The molecule has 0 aromatic heterocycles. The first kappa shape index (κ1) is 12.0. The van der Waals surface area contributed by atoms with Gasteiger partial charge >= 0.3 is 0 Å². The second-order valence-electron chi connectivity index (χ2n) is 3.18. The van der Waals surface area contributed by atoms with Crippen molar-refractivity contribution in [1.29, 1.82) is 5.26 Å². The number of benzene rings is 1. The lowest BCUT2D eigenvalue weighted by Gasteiger charge is -2.06. The molecule has 0 aliphatic heterocycles. The fourth-order valence-electron chi connectivity index (χ4n) is 1.40. The van der Waals surface area contributed by atoms with Gasteiger partial charge in [0.2, 0.25) is 0 Å². The highest BCUT2D eigenvalue weighted by Gasteiger charge is 2.14. The third kappa shape index (κ3) is 2.49. The first-order valence-electron chi connectivity index (χ1n) is 4.38. The van der Waals surface area contributed by atoms with Crippen LogP contribution in [0.3, 0.4) is 0 Å². The van der Waals surface area contributed by atoms with Crippen LogP contribution in [-0.2, 0) is 15.5 Å². The van der Waals surface area contributed by atoms with Crippen LogP contribution in [0.5, 0.6) is 0 Å². The first-order valence-corrected chi connectivity index (χ1v) is 6.69. The van der Waals surface area contributed by atoms with E-state index in [-0.39, 0.29) is 4.90 Å². The minimum absolute atomic E-state index is 0.0533. The van der Waals surface area contributed by atoms with Crippen molar-refractivity contribution in [3.8, 4) is 6.07 Å². The van der Waals surface area contributed by atoms with Crippen molar-refractivity contribution >= 4 is 19.7 Å². The van der Waals surface area contributed by atoms with Gasteiger partial charge in [-0.25, -0.2) is 8.42 Å². The minimum atomic E-state index is -3.72. The maximum absolute atomic E-state index is 11.1. The van der Waals surface area contributed by atoms with Gasteiger partial charge in [-0.15, -0.1) is 0 Å². The predicted octanol–water partition coefficient (Wildman–Crippen LogP) is 2.36. The molecule has 0 fully saturated rings. The molecule has 1 aromatic rings. The number of nitrogens with zero attached hydrogens (tertiary/aromatic N) is 1. The molecule has 0 aliphatic rings. The predicted molar refractivity (Wildman–Crippen MR) is 58.3 cm³/mol. The Labute approximate surface area is 93.7 Å². The molecule has 3 nitrogen and oxygen atoms in total. The highest BCUT2D eigenvalue weighted by Crippen LogP contribution is 2.22. The molecule has 0 N–H and O–H groups in total. The summed E-state index contributed by atoms with van der Waals surface area (Å²) in [5, 5.41) is 8.89. The lowest BCUT2D eigenvalue weighted by Crippen LogP contribution is -1.98. The zero-order chi connectivity index (χ0) is 11.6. The molecule has 15 heavy (non-hydrogen) atoms. The van der Waals surface area contributed by atoms with Crippen LogP contribution >= 0.6 is 10.7 Å². The topological polar surface area (TPSA) is 57.9 Å². The summed E-state index contributed by atoms with van der Waals surface area (Å²) < 4.78 is 22.3. The van der Waals surface area contributed by atoms with Gasteiger partial charge in [0.05, 0.1) is 16.5 Å². The molecular formula is C10H10ClNO2S.